The first-order valence-electron chi connectivity index (χ1n) is 9.26. The van der Waals surface area contributed by atoms with Crippen LogP contribution in [0.2, 0.25) is 5.02 Å². The number of nitrogens with zero attached hydrogens (tertiary/aromatic N) is 1. The molecule has 1 heterocycles. The molecule has 3 N–H and O–H groups in total. The number of amides is 1. The van der Waals surface area contributed by atoms with Gasteiger partial charge in [0.05, 0.1) is 16.4 Å². The zero-order chi connectivity index (χ0) is 20.3. The molecule has 5 nitrogen and oxygen atoms in total. The molecule has 2 aromatic rings. The summed E-state index contributed by atoms with van der Waals surface area (Å²) >= 11 is 11.9. The number of rotatable bonds is 3. The highest BCUT2D eigenvalue weighted by molar-refractivity contribution is 7.80. The van der Waals surface area contributed by atoms with Gasteiger partial charge in [-0.2, -0.15) is 0 Å². The molecule has 0 spiro atoms. The number of benzene rings is 2. The molecule has 0 saturated carbocycles. The van der Waals surface area contributed by atoms with Crippen molar-refractivity contribution in [3.05, 3.63) is 52.5 Å². The fourth-order valence-electron chi connectivity index (χ4n) is 3.42. The van der Waals surface area contributed by atoms with Crippen LogP contribution < -0.4 is 10.6 Å². The molecule has 0 atom stereocenters. The first-order chi connectivity index (χ1) is 13.3. The molecule has 0 aromatic heterocycles. The van der Waals surface area contributed by atoms with Gasteiger partial charge in [-0.15, -0.1) is 0 Å². The minimum atomic E-state index is -0.108. The van der Waals surface area contributed by atoms with E-state index in [1.165, 1.54) is 0 Å². The van der Waals surface area contributed by atoms with Gasteiger partial charge in [0.15, 0.2) is 5.11 Å². The van der Waals surface area contributed by atoms with E-state index in [0.717, 1.165) is 16.8 Å². The van der Waals surface area contributed by atoms with Gasteiger partial charge in [0.1, 0.15) is 5.75 Å². The number of nitrogens with one attached hydrogen (secondary N) is 2. The summed E-state index contributed by atoms with van der Waals surface area (Å²) < 4.78 is 0. The van der Waals surface area contributed by atoms with Crippen LogP contribution in [-0.2, 0) is 4.79 Å². The van der Waals surface area contributed by atoms with Gasteiger partial charge in [-0.25, -0.2) is 0 Å². The Morgan fingerprint density at radius 2 is 1.86 bits per heavy atom. The van der Waals surface area contributed by atoms with E-state index in [2.05, 4.69) is 21.6 Å². The molecule has 2 aromatic carbocycles. The van der Waals surface area contributed by atoms with Crippen LogP contribution in [0.4, 0.5) is 11.4 Å². The number of aromatic hydroxyl groups is 1. The standard InChI is InChI=1S/C21H24ClN3O2S/c1-13-11-14(2)19(16(22)12-13)24-21(28)25-9-7-15(8-10-25)20(27)23-17-5-3-4-6-18(17)26/h3-6,11-12,15,26H,7-10H2,1-2H3,(H,23,27)(H,24,28). The maximum absolute atomic E-state index is 12.5. The Hall–Kier alpha value is -2.31. The lowest BCUT2D eigenvalue weighted by atomic mass is 9.96. The third-order valence-corrected chi connectivity index (χ3v) is 5.64. The molecular weight excluding hydrogens is 394 g/mol. The number of para-hydroxylation sites is 2. The molecule has 1 aliphatic rings. The molecule has 28 heavy (non-hydrogen) atoms. The van der Waals surface area contributed by atoms with Crippen LogP contribution in [0.1, 0.15) is 24.0 Å². The van der Waals surface area contributed by atoms with Crippen molar-refractivity contribution < 1.29 is 9.90 Å². The average Bonchev–Trinajstić information content (AvgIpc) is 2.66. The molecule has 1 fully saturated rings. The van der Waals surface area contributed by atoms with Crippen molar-refractivity contribution in [3.8, 4) is 5.75 Å². The normalized spacial score (nSPS) is 14.6. The van der Waals surface area contributed by atoms with Crippen molar-refractivity contribution >= 4 is 46.2 Å². The largest absolute Gasteiger partial charge is 0.506 e. The van der Waals surface area contributed by atoms with Gasteiger partial charge < -0.3 is 20.6 Å². The predicted octanol–water partition coefficient (Wildman–Crippen LogP) is 4.71. The van der Waals surface area contributed by atoms with E-state index in [4.69, 9.17) is 23.8 Å². The third kappa shape index (κ3) is 4.75. The Morgan fingerprint density at radius 3 is 2.50 bits per heavy atom. The number of phenols is 1. The van der Waals surface area contributed by atoms with E-state index in [9.17, 15) is 9.90 Å². The first kappa shape index (κ1) is 20.4. The minimum absolute atomic E-state index is 0.0718. The van der Waals surface area contributed by atoms with Crippen molar-refractivity contribution in [2.75, 3.05) is 23.7 Å². The average molecular weight is 418 g/mol. The Kier molecular flexibility index (Phi) is 6.42. The zero-order valence-corrected chi connectivity index (χ0v) is 17.5. The number of carbonyl (C=O) groups is 1. The Morgan fingerprint density at radius 1 is 1.18 bits per heavy atom. The lowest BCUT2D eigenvalue weighted by molar-refractivity contribution is -0.121. The van der Waals surface area contributed by atoms with Gasteiger partial charge in [-0.05, 0) is 68.2 Å². The van der Waals surface area contributed by atoms with E-state index in [1.807, 2.05) is 19.9 Å². The predicted molar refractivity (Wildman–Crippen MR) is 118 cm³/mol. The van der Waals surface area contributed by atoms with E-state index >= 15 is 0 Å². The van der Waals surface area contributed by atoms with Crippen molar-refractivity contribution in [1.82, 2.24) is 4.90 Å². The monoisotopic (exact) mass is 417 g/mol. The lowest BCUT2D eigenvalue weighted by Crippen LogP contribution is -2.43. The molecule has 0 radical (unpaired) electrons. The molecule has 0 unspecified atom stereocenters. The number of phenolic OH excluding ortho intramolecular Hbond substituents is 1. The number of carbonyl (C=O) groups excluding carboxylic acids is 1. The lowest BCUT2D eigenvalue weighted by Gasteiger charge is -2.33. The number of aryl methyl sites for hydroxylation is 2. The summed E-state index contributed by atoms with van der Waals surface area (Å²) in [5.74, 6) is -0.107. The summed E-state index contributed by atoms with van der Waals surface area (Å²) in [6.45, 7) is 5.38. The molecule has 7 heteroatoms. The minimum Gasteiger partial charge on any atom is -0.506 e. The smallest absolute Gasteiger partial charge is 0.227 e. The summed E-state index contributed by atoms with van der Waals surface area (Å²) in [7, 11) is 0. The highest BCUT2D eigenvalue weighted by Gasteiger charge is 2.27. The van der Waals surface area contributed by atoms with Crippen LogP contribution in [0.15, 0.2) is 36.4 Å². The number of hydrogen-bond acceptors (Lipinski definition) is 3. The molecule has 1 amide bonds. The number of piperidine rings is 1. The van der Waals surface area contributed by atoms with E-state index in [-0.39, 0.29) is 17.6 Å². The molecule has 0 bridgehead atoms. The highest BCUT2D eigenvalue weighted by Crippen LogP contribution is 2.29. The van der Waals surface area contributed by atoms with Crippen LogP contribution in [-0.4, -0.2) is 34.1 Å². The second-order valence-corrected chi connectivity index (χ2v) is 7.93. The number of likely N-dealkylation sites (tertiary alicyclic amines) is 1. The summed E-state index contributed by atoms with van der Waals surface area (Å²) in [5.41, 5.74) is 3.42. The van der Waals surface area contributed by atoms with Crippen LogP contribution in [0.25, 0.3) is 0 Å². The molecule has 148 valence electrons. The van der Waals surface area contributed by atoms with Crippen LogP contribution in [0.5, 0.6) is 5.75 Å². The third-order valence-electron chi connectivity index (χ3n) is 4.98. The topological polar surface area (TPSA) is 64.6 Å². The quantitative estimate of drug-likeness (QED) is 0.498. The fraction of sp³-hybridized carbons (Fsp3) is 0.333. The Bertz CT molecular complexity index is 872. The van der Waals surface area contributed by atoms with Gasteiger partial charge in [0.2, 0.25) is 5.91 Å². The van der Waals surface area contributed by atoms with Crippen molar-refractivity contribution in [2.45, 2.75) is 26.7 Å². The second kappa shape index (κ2) is 8.80. The summed E-state index contributed by atoms with van der Waals surface area (Å²) in [6.07, 6.45) is 1.39. The second-order valence-electron chi connectivity index (χ2n) is 7.14. The molecule has 3 rings (SSSR count). The van der Waals surface area contributed by atoms with Crippen LogP contribution >= 0.6 is 23.8 Å². The summed E-state index contributed by atoms with van der Waals surface area (Å²) in [5, 5.41) is 17.2. The Balaban J connectivity index is 1.56. The van der Waals surface area contributed by atoms with Crippen LogP contribution in [0, 0.1) is 19.8 Å². The first-order valence-corrected chi connectivity index (χ1v) is 10.1. The maximum Gasteiger partial charge on any atom is 0.227 e. The number of hydrogen-bond donors (Lipinski definition) is 3. The van der Waals surface area contributed by atoms with Crippen molar-refractivity contribution in [2.24, 2.45) is 5.92 Å². The van der Waals surface area contributed by atoms with Gasteiger partial charge in [-0.3, -0.25) is 4.79 Å². The molecule has 0 aliphatic carbocycles. The molecule has 1 saturated heterocycles. The van der Waals surface area contributed by atoms with Gasteiger partial charge >= 0.3 is 0 Å². The SMILES string of the molecule is Cc1cc(C)c(NC(=S)N2CCC(C(=O)Nc3ccccc3O)CC2)c(Cl)c1. The fourth-order valence-corrected chi connectivity index (χ4v) is 4.07. The maximum atomic E-state index is 12.5. The van der Waals surface area contributed by atoms with Gasteiger partial charge in [0.25, 0.3) is 0 Å². The van der Waals surface area contributed by atoms with E-state index in [1.54, 1.807) is 24.3 Å². The highest BCUT2D eigenvalue weighted by atomic mass is 35.5. The van der Waals surface area contributed by atoms with E-state index < -0.39 is 0 Å². The number of thiocarbonyl (C=S) groups is 1. The number of halogens is 1. The molecule has 1 aliphatic heterocycles. The van der Waals surface area contributed by atoms with Crippen molar-refractivity contribution in [1.29, 1.82) is 0 Å². The molecular formula is C21H24ClN3O2S. The van der Waals surface area contributed by atoms with Gasteiger partial charge in [0, 0.05) is 19.0 Å². The summed E-state index contributed by atoms with van der Waals surface area (Å²) in [6, 6.07) is 10.7. The zero-order valence-electron chi connectivity index (χ0n) is 16.0. The van der Waals surface area contributed by atoms with E-state index in [0.29, 0.717) is 41.8 Å². The summed E-state index contributed by atoms with van der Waals surface area (Å²) in [4.78, 5) is 14.6. The number of anilines is 2. The van der Waals surface area contributed by atoms with Crippen LogP contribution in [0.3, 0.4) is 0 Å². The Labute approximate surface area is 175 Å². The van der Waals surface area contributed by atoms with Gasteiger partial charge in [-0.1, -0.05) is 29.8 Å². The van der Waals surface area contributed by atoms with Crippen molar-refractivity contribution in [3.63, 3.8) is 0 Å².